The van der Waals surface area contributed by atoms with Crippen molar-refractivity contribution < 1.29 is 62.6 Å². The Morgan fingerprint density at radius 2 is 1.50 bits per heavy atom. The minimum atomic E-state index is -0.917. The van der Waals surface area contributed by atoms with Crippen LogP contribution in [0.4, 0.5) is 0 Å². The second kappa shape index (κ2) is 8.88. The Hall–Kier alpha value is 1.99. The fourth-order valence-electron chi connectivity index (χ4n) is 0. The minimum absolute atomic E-state index is 0. The molecule has 0 bridgehead atoms. The summed E-state index contributed by atoms with van der Waals surface area (Å²) < 4.78 is 0. The van der Waals surface area contributed by atoms with Gasteiger partial charge in [-0.15, -0.1) is 0 Å². The Morgan fingerprint density at radius 1 is 1.50 bits per heavy atom. The maximum Gasteiger partial charge on any atom is 1.00 e. The molecule has 4 heteroatoms. The molecular formula is H4KO2P. The average Bonchev–Trinajstić information content (AvgIpc) is 0.918. The van der Waals surface area contributed by atoms with Crippen LogP contribution in [0.15, 0.2) is 0 Å². The van der Waals surface area contributed by atoms with Gasteiger partial charge >= 0.3 is 51.4 Å². The third kappa shape index (κ3) is 9.01. The quantitative estimate of drug-likeness (QED) is 0.249. The molecular weight excluding hydrogens is 102 g/mol. The predicted octanol–water partition coefficient (Wildman–Crippen LogP) is -3.40. The minimum Gasteiger partial charge on any atom is -1.00 e. The van der Waals surface area contributed by atoms with Crippen LogP contribution in [0.1, 0.15) is 1.43 Å². The van der Waals surface area contributed by atoms with E-state index in [-0.39, 0.29) is 52.8 Å². The molecule has 0 spiro atoms. The maximum absolute atomic E-state index is 7.15. The predicted molar refractivity (Wildman–Crippen MR) is 13.9 cm³/mol. The van der Waals surface area contributed by atoms with E-state index in [0.717, 1.165) is 0 Å². The molecule has 0 aliphatic heterocycles. The number of rotatable bonds is 0. The zero-order valence-electron chi connectivity index (χ0n) is 3.39. The Balaban J connectivity index is -0.0000000200. The summed E-state index contributed by atoms with van der Waals surface area (Å²) in [6.07, 6.45) is 0. The molecule has 0 fully saturated rings. The molecule has 2 N–H and O–H groups in total. The number of hydrogen-bond acceptors (Lipinski definition) is 2. The van der Waals surface area contributed by atoms with Crippen molar-refractivity contribution in [1.29, 1.82) is 0 Å². The molecule has 0 aliphatic carbocycles. The molecule has 2 nitrogen and oxygen atoms in total. The molecule has 0 rings (SSSR count). The summed E-state index contributed by atoms with van der Waals surface area (Å²) in [5.41, 5.74) is 0. The van der Waals surface area contributed by atoms with Crippen molar-refractivity contribution in [1.82, 2.24) is 0 Å². The van der Waals surface area contributed by atoms with E-state index in [1.807, 2.05) is 0 Å². The molecule has 0 heterocycles. The molecule has 0 aromatic rings. The molecule has 22 valence electrons. The van der Waals surface area contributed by atoms with E-state index >= 15 is 0 Å². The second-order valence-electron chi connectivity index (χ2n) is 0.100. The van der Waals surface area contributed by atoms with Crippen LogP contribution in [0.3, 0.4) is 0 Å². The van der Waals surface area contributed by atoms with E-state index in [1.54, 1.807) is 0 Å². The van der Waals surface area contributed by atoms with Gasteiger partial charge in [-0.1, -0.05) is 0 Å². The zero-order chi connectivity index (χ0) is 2.71. The van der Waals surface area contributed by atoms with Gasteiger partial charge in [-0.3, -0.25) is 0 Å². The third-order valence-electron chi connectivity index (χ3n) is 0. The molecule has 0 atom stereocenters. The molecule has 0 aromatic carbocycles. The molecule has 0 radical (unpaired) electrons. The van der Waals surface area contributed by atoms with Crippen LogP contribution in [-0.2, 0) is 0 Å². The van der Waals surface area contributed by atoms with Crippen molar-refractivity contribution >= 4 is 9.03 Å². The molecule has 0 aromatic heterocycles. The van der Waals surface area contributed by atoms with Gasteiger partial charge in [0, 0.05) is 0 Å². The third-order valence-corrected chi connectivity index (χ3v) is 0. The van der Waals surface area contributed by atoms with Gasteiger partial charge in [0.1, 0.15) is 9.03 Å². The first-order chi connectivity index (χ1) is 1.41. The van der Waals surface area contributed by atoms with Crippen molar-refractivity contribution in [2.24, 2.45) is 0 Å². The second-order valence-corrected chi connectivity index (χ2v) is 0.300. The summed E-state index contributed by atoms with van der Waals surface area (Å²) in [6, 6.07) is 0. The van der Waals surface area contributed by atoms with Gasteiger partial charge in [-0.25, -0.2) is 0 Å². The fourth-order valence-corrected chi connectivity index (χ4v) is 0. The molecule has 4 heavy (non-hydrogen) atoms. The van der Waals surface area contributed by atoms with Gasteiger partial charge in [0.05, 0.1) is 0 Å². The topological polar surface area (TPSA) is 40.5 Å². The van der Waals surface area contributed by atoms with E-state index in [1.165, 1.54) is 0 Å². The van der Waals surface area contributed by atoms with E-state index < -0.39 is 9.03 Å². The normalized spacial score (nSPS) is 4.50. The van der Waals surface area contributed by atoms with Crippen molar-refractivity contribution in [3.63, 3.8) is 0 Å². The zero-order valence-corrected chi connectivity index (χ0v) is 6.52. The van der Waals surface area contributed by atoms with Crippen molar-refractivity contribution in [2.45, 2.75) is 0 Å². The monoisotopic (exact) mass is 106 g/mol. The maximum atomic E-state index is 7.15. The van der Waals surface area contributed by atoms with Gasteiger partial charge in [0.15, 0.2) is 0 Å². The van der Waals surface area contributed by atoms with Gasteiger partial charge in [-0.05, 0) is 0 Å². The molecule has 0 aliphatic rings. The molecule has 0 saturated carbocycles. The molecule has 0 saturated heterocycles. The van der Waals surface area contributed by atoms with Crippen LogP contribution in [0.5, 0.6) is 0 Å². The largest absolute Gasteiger partial charge is 1.00 e. The van der Waals surface area contributed by atoms with Crippen LogP contribution in [0.25, 0.3) is 0 Å². The summed E-state index contributed by atoms with van der Waals surface area (Å²) in [4.78, 5) is 14.3. The summed E-state index contributed by atoms with van der Waals surface area (Å²) in [6.45, 7) is 0. The Labute approximate surface area is 70.5 Å². The van der Waals surface area contributed by atoms with E-state index in [0.29, 0.717) is 0 Å². The summed E-state index contributed by atoms with van der Waals surface area (Å²) >= 11 is 0. The van der Waals surface area contributed by atoms with Crippen LogP contribution in [0, 0.1) is 0 Å². The summed E-state index contributed by atoms with van der Waals surface area (Å²) in [5, 5.41) is 0. The molecule has 0 amide bonds. The first kappa shape index (κ1) is 9.37. The first-order valence-corrected chi connectivity index (χ1v) is 1.34. The number of hydrogen-bond donors (Lipinski definition) is 2. The van der Waals surface area contributed by atoms with Gasteiger partial charge in [0.2, 0.25) is 0 Å². The van der Waals surface area contributed by atoms with Gasteiger partial charge < -0.3 is 11.2 Å². The van der Waals surface area contributed by atoms with Gasteiger partial charge in [-0.2, -0.15) is 0 Å². The fraction of sp³-hybridized carbons (Fsp3) is 0. The first-order valence-electron chi connectivity index (χ1n) is 0.447. The van der Waals surface area contributed by atoms with Crippen LogP contribution < -0.4 is 51.4 Å². The summed E-state index contributed by atoms with van der Waals surface area (Å²) in [5.74, 6) is 0. The Bertz CT molecular complexity index is 9.61. The average molecular weight is 106 g/mol. The van der Waals surface area contributed by atoms with Crippen LogP contribution in [-0.4, -0.2) is 9.79 Å². The SMILES string of the molecule is OPO.[H-].[K+]. The van der Waals surface area contributed by atoms with Crippen molar-refractivity contribution in [2.75, 3.05) is 0 Å². The van der Waals surface area contributed by atoms with Gasteiger partial charge in [0.25, 0.3) is 0 Å². The van der Waals surface area contributed by atoms with E-state index in [9.17, 15) is 0 Å². The molecule has 0 unspecified atom stereocenters. The van der Waals surface area contributed by atoms with E-state index in [2.05, 4.69) is 0 Å². The van der Waals surface area contributed by atoms with E-state index in [4.69, 9.17) is 9.79 Å². The van der Waals surface area contributed by atoms with Crippen molar-refractivity contribution in [3.8, 4) is 0 Å². The summed E-state index contributed by atoms with van der Waals surface area (Å²) in [7, 11) is -0.917. The van der Waals surface area contributed by atoms with Crippen LogP contribution >= 0.6 is 9.03 Å². The van der Waals surface area contributed by atoms with Crippen molar-refractivity contribution in [3.05, 3.63) is 0 Å². The smallest absolute Gasteiger partial charge is 1.00 e. The Kier molecular flexibility index (Phi) is 20.8. The van der Waals surface area contributed by atoms with Crippen LogP contribution in [0.2, 0.25) is 0 Å². The Morgan fingerprint density at radius 3 is 1.50 bits per heavy atom. The standard InChI is InChI=1S/K.H3O2P.H/c;1-3-2;/h;1-3H;/q+1;;-1.